The molecule has 1 spiro atoms. The predicted octanol–water partition coefficient (Wildman–Crippen LogP) is 3.88. The Hall–Kier alpha value is -2.52. The lowest BCUT2D eigenvalue weighted by Gasteiger charge is -2.43. The quantitative estimate of drug-likeness (QED) is 0.376. The highest BCUT2D eigenvalue weighted by Gasteiger charge is 2.77. The van der Waals surface area contributed by atoms with Crippen LogP contribution in [-0.4, -0.2) is 81.2 Å². The third-order valence-corrected chi connectivity index (χ3v) is 11.5. The van der Waals surface area contributed by atoms with E-state index in [0.29, 0.717) is 18.5 Å². The standard InChI is InChI=1S/C30H43N3O5S/c1-7-15-32(21-13-11-20(12-14-21)31(9-3)10-4)28(36)26-30-19(6)16-23(39-30)24(29(37)38)25(30)27(35)33(26)22(17-34)18(5)8-2/h7,11-14,18-19,22-26,34H,1,8-10,15-17H2,2-6H3,(H,37,38)/t18-,19?,22-,23-,24+,25-,26?,30?/m0/s1. The summed E-state index contributed by atoms with van der Waals surface area (Å²) in [6.07, 6.45) is 3.04. The Labute approximate surface area is 236 Å². The molecule has 4 rings (SSSR count). The molecule has 3 aliphatic rings. The number of aliphatic hydroxyl groups is 1. The summed E-state index contributed by atoms with van der Waals surface area (Å²) in [6, 6.07) is 6.39. The van der Waals surface area contributed by atoms with E-state index in [1.807, 2.05) is 45.0 Å². The molecule has 8 atom stereocenters. The van der Waals surface area contributed by atoms with Gasteiger partial charge in [0, 0.05) is 36.3 Å². The van der Waals surface area contributed by atoms with Crippen LogP contribution in [0.4, 0.5) is 11.4 Å². The Bertz CT molecular complexity index is 1090. The second-order valence-corrected chi connectivity index (χ2v) is 12.7. The summed E-state index contributed by atoms with van der Waals surface area (Å²) in [5.74, 6) is -3.25. The van der Waals surface area contributed by atoms with Crippen molar-refractivity contribution in [2.75, 3.05) is 36.0 Å². The van der Waals surface area contributed by atoms with Gasteiger partial charge in [0.05, 0.1) is 29.2 Å². The van der Waals surface area contributed by atoms with Crippen LogP contribution < -0.4 is 9.80 Å². The number of anilines is 2. The van der Waals surface area contributed by atoms with E-state index < -0.39 is 34.6 Å². The third-order valence-electron chi connectivity index (χ3n) is 9.42. The van der Waals surface area contributed by atoms with Crippen LogP contribution >= 0.6 is 11.8 Å². The van der Waals surface area contributed by atoms with E-state index in [2.05, 4.69) is 25.3 Å². The molecule has 214 valence electrons. The molecule has 8 nitrogen and oxygen atoms in total. The molecule has 3 aliphatic heterocycles. The Morgan fingerprint density at radius 2 is 1.82 bits per heavy atom. The van der Waals surface area contributed by atoms with Crippen molar-refractivity contribution < 1.29 is 24.6 Å². The number of amides is 2. The molecular weight excluding hydrogens is 514 g/mol. The summed E-state index contributed by atoms with van der Waals surface area (Å²) in [5, 5.41) is 20.5. The lowest BCUT2D eigenvalue weighted by Crippen LogP contribution is -2.60. The second kappa shape index (κ2) is 11.5. The number of carbonyl (C=O) groups is 3. The highest BCUT2D eigenvalue weighted by molar-refractivity contribution is 8.02. The molecule has 0 saturated carbocycles. The molecule has 1 aromatic rings. The smallest absolute Gasteiger partial charge is 0.308 e. The number of carboxylic acids is 1. The van der Waals surface area contributed by atoms with Crippen molar-refractivity contribution in [3.8, 4) is 0 Å². The first-order valence-corrected chi connectivity index (χ1v) is 15.1. The third kappa shape index (κ3) is 4.55. The van der Waals surface area contributed by atoms with E-state index in [1.54, 1.807) is 15.9 Å². The van der Waals surface area contributed by atoms with Gasteiger partial charge in [-0.15, -0.1) is 18.3 Å². The molecule has 2 amide bonds. The first kappa shape index (κ1) is 29.5. The van der Waals surface area contributed by atoms with Crippen LogP contribution in [0.2, 0.25) is 0 Å². The Morgan fingerprint density at radius 3 is 2.33 bits per heavy atom. The zero-order valence-electron chi connectivity index (χ0n) is 23.7. The van der Waals surface area contributed by atoms with E-state index in [0.717, 1.165) is 18.8 Å². The Morgan fingerprint density at radius 1 is 1.21 bits per heavy atom. The summed E-state index contributed by atoms with van der Waals surface area (Å²) in [7, 11) is 0. The van der Waals surface area contributed by atoms with Crippen molar-refractivity contribution in [1.29, 1.82) is 0 Å². The lowest BCUT2D eigenvalue weighted by molar-refractivity contribution is -0.150. The summed E-state index contributed by atoms with van der Waals surface area (Å²) < 4.78 is -0.858. The topological polar surface area (TPSA) is 101 Å². The number of rotatable bonds is 12. The summed E-state index contributed by atoms with van der Waals surface area (Å²) >= 11 is 1.52. The molecule has 0 radical (unpaired) electrons. The molecule has 39 heavy (non-hydrogen) atoms. The molecule has 0 aromatic heterocycles. The zero-order valence-corrected chi connectivity index (χ0v) is 24.6. The number of likely N-dealkylation sites (tertiary alicyclic amines) is 1. The van der Waals surface area contributed by atoms with Crippen molar-refractivity contribution in [3.63, 3.8) is 0 Å². The van der Waals surface area contributed by atoms with Crippen LogP contribution in [0.15, 0.2) is 36.9 Å². The number of nitrogens with zero attached hydrogens (tertiary/aromatic N) is 3. The first-order valence-electron chi connectivity index (χ1n) is 14.2. The van der Waals surface area contributed by atoms with Crippen molar-refractivity contribution in [3.05, 3.63) is 36.9 Å². The summed E-state index contributed by atoms with van der Waals surface area (Å²) in [4.78, 5) is 46.9. The van der Waals surface area contributed by atoms with Gasteiger partial charge in [0.25, 0.3) is 5.91 Å². The maximum Gasteiger partial charge on any atom is 0.308 e. The van der Waals surface area contributed by atoms with Crippen LogP contribution in [0, 0.1) is 23.7 Å². The van der Waals surface area contributed by atoms with Crippen LogP contribution in [-0.2, 0) is 14.4 Å². The number of aliphatic hydroxyl groups excluding tert-OH is 1. The minimum atomic E-state index is -0.980. The van der Waals surface area contributed by atoms with Crippen LogP contribution in [0.3, 0.4) is 0 Å². The number of hydrogen-bond acceptors (Lipinski definition) is 6. The van der Waals surface area contributed by atoms with Gasteiger partial charge in [-0.1, -0.05) is 33.3 Å². The average molecular weight is 558 g/mol. The maximum absolute atomic E-state index is 14.7. The fraction of sp³-hybridized carbons (Fsp3) is 0.633. The number of aliphatic carboxylic acids is 1. The van der Waals surface area contributed by atoms with Gasteiger partial charge in [-0.25, -0.2) is 0 Å². The zero-order chi connectivity index (χ0) is 28.6. The van der Waals surface area contributed by atoms with Gasteiger partial charge in [-0.05, 0) is 56.4 Å². The van der Waals surface area contributed by atoms with Crippen LogP contribution in [0.25, 0.3) is 0 Å². The first-order chi connectivity index (χ1) is 18.6. The molecule has 3 unspecified atom stereocenters. The predicted molar refractivity (Wildman–Crippen MR) is 156 cm³/mol. The molecule has 9 heteroatoms. The number of carboxylic acid groups (broad SMARTS) is 1. The maximum atomic E-state index is 14.7. The van der Waals surface area contributed by atoms with Crippen LogP contribution in [0.5, 0.6) is 0 Å². The van der Waals surface area contributed by atoms with Crippen molar-refractivity contribution in [1.82, 2.24) is 4.90 Å². The monoisotopic (exact) mass is 557 g/mol. The number of thioether (sulfide) groups is 1. The number of hydrogen-bond donors (Lipinski definition) is 2. The van der Waals surface area contributed by atoms with Gasteiger partial charge >= 0.3 is 5.97 Å². The largest absolute Gasteiger partial charge is 0.481 e. The molecule has 0 aliphatic carbocycles. The Kier molecular flexibility index (Phi) is 8.71. The molecule has 3 heterocycles. The number of fused-ring (bicyclic) bond motifs is 1. The van der Waals surface area contributed by atoms with Gasteiger partial charge in [0.2, 0.25) is 5.91 Å². The van der Waals surface area contributed by atoms with Crippen molar-refractivity contribution in [2.45, 2.75) is 69.5 Å². The second-order valence-electron chi connectivity index (χ2n) is 11.2. The molecule has 2 N–H and O–H groups in total. The van der Waals surface area contributed by atoms with E-state index in [4.69, 9.17) is 0 Å². The molecule has 3 saturated heterocycles. The van der Waals surface area contributed by atoms with Gasteiger partial charge in [0.1, 0.15) is 6.04 Å². The van der Waals surface area contributed by atoms with Crippen LogP contribution in [0.1, 0.15) is 47.5 Å². The highest BCUT2D eigenvalue weighted by Crippen LogP contribution is 2.69. The number of carbonyl (C=O) groups excluding carboxylic acids is 2. The van der Waals surface area contributed by atoms with Crippen molar-refractivity contribution >= 4 is 40.9 Å². The SMILES string of the molecule is C=CCN(C(=O)C1N([C@@H](CO)[C@@H](C)CC)C(=O)[C@@H]2[C@H](C(=O)O)[C@@H]3CC(C)C12S3)c1ccc(N(CC)CC)cc1. The average Bonchev–Trinajstić information content (AvgIpc) is 3.52. The molecule has 1 aromatic carbocycles. The fourth-order valence-electron chi connectivity index (χ4n) is 7.22. The van der Waals surface area contributed by atoms with Gasteiger partial charge in [0.15, 0.2) is 0 Å². The fourth-order valence-corrected chi connectivity index (χ4v) is 9.62. The summed E-state index contributed by atoms with van der Waals surface area (Å²) in [6.45, 7) is 15.8. The number of benzene rings is 1. The van der Waals surface area contributed by atoms with E-state index in [9.17, 15) is 24.6 Å². The van der Waals surface area contributed by atoms with E-state index >= 15 is 0 Å². The molecular formula is C30H43N3O5S. The van der Waals surface area contributed by atoms with Gasteiger partial charge < -0.3 is 24.9 Å². The minimum absolute atomic E-state index is 0.0251. The molecule has 3 fully saturated rings. The molecule has 2 bridgehead atoms. The Balaban J connectivity index is 1.83. The normalized spacial score (nSPS) is 30.7. The van der Waals surface area contributed by atoms with Gasteiger partial charge in [-0.3, -0.25) is 14.4 Å². The van der Waals surface area contributed by atoms with E-state index in [1.165, 1.54) is 11.8 Å². The van der Waals surface area contributed by atoms with Gasteiger partial charge in [-0.2, -0.15) is 0 Å². The van der Waals surface area contributed by atoms with E-state index in [-0.39, 0.29) is 42.1 Å². The highest BCUT2D eigenvalue weighted by atomic mass is 32.2. The lowest BCUT2D eigenvalue weighted by atomic mass is 9.66. The van der Waals surface area contributed by atoms with Crippen molar-refractivity contribution in [2.24, 2.45) is 23.7 Å². The summed E-state index contributed by atoms with van der Waals surface area (Å²) in [5.41, 5.74) is 1.76. The minimum Gasteiger partial charge on any atom is -0.481 e.